The fourth-order valence-electron chi connectivity index (χ4n) is 4.84. The quantitative estimate of drug-likeness (QED) is 0.782. The molecule has 1 fully saturated rings. The fourth-order valence-corrected chi connectivity index (χ4v) is 5.06. The number of nitrogens with one attached hydrogen (secondary N) is 2. The summed E-state index contributed by atoms with van der Waals surface area (Å²) in [6, 6.07) is 16.7. The predicted molar refractivity (Wildman–Crippen MR) is 106 cm³/mol. The maximum atomic E-state index is 12.6. The van der Waals surface area contributed by atoms with Gasteiger partial charge in [-0.2, -0.15) is 0 Å². The molecule has 1 aliphatic heterocycles. The average molecular weight is 369 g/mol. The number of carbonyl (C=O) groups excluding carboxylic acids is 1. The third kappa shape index (κ3) is 3.26. The zero-order valence-electron chi connectivity index (χ0n) is 15.0. The fraction of sp³-hybridized carbons (Fsp3) is 0.409. The molecule has 4 rings (SSSR count). The molecule has 0 spiro atoms. The molecule has 0 saturated heterocycles. The van der Waals surface area contributed by atoms with Gasteiger partial charge >= 0.3 is 0 Å². The van der Waals surface area contributed by atoms with Crippen LogP contribution in [-0.2, 0) is 11.3 Å². The Morgan fingerprint density at radius 1 is 1.19 bits per heavy atom. The number of para-hydroxylation sites is 1. The second-order valence-electron chi connectivity index (χ2n) is 7.48. The average Bonchev–Trinajstić information content (AvgIpc) is 3.08. The van der Waals surface area contributed by atoms with Crippen LogP contribution in [0.4, 0.5) is 5.69 Å². The van der Waals surface area contributed by atoms with Gasteiger partial charge in [-0.25, -0.2) is 0 Å². The highest BCUT2D eigenvalue weighted by atomic mass is 35.5. The molecule has 1 amide bonds. The van der Waals surface area contributed by atoms with E-state index in [4.69, 9.17) is 11.6 Å². The van der Waals surface area contributed by atoms with Crippen molar-refractivity contribution in [3.63, 3.8) is 0 Å². The highest BCUT2D eigenvalue weighted by Gasteiger charge is 2.46. The van der Waals surface area contributed by atoms with Gasteiger partial charge in [0.25, 0.3) is 0 Å². The van der Waals surface area contributed by atoms with Gasteiger partial charge in [0, 0.05) is 35.1 Å². The molecule has 0 bridgehead atoms. The minimum Gasteiger partial charge on any atom is -0.326 e. The third-order valence-corrected chi connectivity index (χ3v) is 6.27. The lowest BCUT2D eigenvalue weighted by Crippen LogP contribution is -2.40. The van der Waals surface area contributed by atoms with E-state index in [1.165, 1.54) is 11.1 Å². The first-order valence-corrected chi connectivity index (χ1v) is 9.92. The maximum Gasteiger partial charge on any atom is 0.228 e. The van der Waals surface area contributed by atoms with Gasteiger partial charge in [0.05, 0.1) is 0 Å². The first kappa shape index (κ1) is 17.6. The van der Waals surface area contributed by atoms with Crippen LogP contribution in [0.5, 0.6) is 0 Å². The molecule has 26 heavy (non-hydrogen) atoms. The van der Waals surface area contributed by atoms with Gasteiger partial charge in [-0.3, -0.25) is 4.79 Å². The van der Waals surface area contributed by atoms with Gasteiger partial charge in [0.2, 0.25) is 5.91 Å². The summed E-state index contributed by atoms with van der Waals surface area (Å²) in [6.45, 7) is 3.04. The van der Waals surface area contributed by atoms with Gasteiger partial charge in [-0.15, -0.1) is 0 Å². The van der Waals surface area contributed by atoms with E-state index in [9.17, 15) is 4.79 Å². The topological polar surface area (TPSA) is 41.1 Å². The number of benzene rings is 2. The summed E-state index contributed by atoms with van der Waals surface area (Å²) in [5.74, 6) is 1.10. The van der Waals surface area contributed by atoms with E-state index in [2.05, 4.69) is 35.8 Å². The Hall–Kier alpha value is -1.84. The molecule has 0 aromatic heterocycles. The molecule has 4 heteroatoms. The van der Waals surface area contributed by atoms with E-state index in [0.717, 1.165) is 36.5 Å². The standard InChI is InChI=1S/C22H25ClN2O/c1-2-19(24-13-14-6-5-7-15(23)12-14)17-10-11-18-21(17)16-8-3-4-9-20(16)25-22(18)26/h3-9,12,17-19,21,24H,2,10-11,13H2,1H3,(H,25,26). The lowest BCUT2D eigenvalue weighted by Gasteiger charge is -2.35. The number of fused-ring (bicyclic) bond motifs is 3. The Morgan fingerprint density at radius 2 is 2.04 bits per heavy atom. The van der Waals surface area contributed by atoms with Crippen LogP contribution in [0, 0.1) is 11.8 Å². The van der Waals surface area contributed by atoms with E-state index in [1.54, 1.807) is 0 Å². The van der Waals surface area contributed by atoms with Crippen LogP contribution in [0.15, 0.2) is 48.5 Å². The zero-order valence-corrected chi connectivity index (χ0v) is 15.8. The van der Waals surface area contributed by atoms with Crippen molar-refractivity contribution in [2.45, 2.75) is 44.7 Å². The minimum absolute atomic E-state index is 0.108. The molecule has 1 saturated carbocycles. The molecule has 2 N–H and O–H groups in total. The smallest absolute Gasteiger partial charge is 0.228 e. The third-order valence-electron chi connectivity index (χ3n) is 6.03. The van der Waals surface area contributed by atoms with Crippen LogP contribution in [-0.4, -0.2) is 11.9 Å². The summed E-state index contributed by atoms with van der Waals surface area (Å²) >= 11 is 6.11. The van der Waals surface area contributed by atoms with E-state index in [0.29, 0.717) is 17.9 Å². The molecular weight excluding hydrogens is 344 g/mol. The molecule has 0 radical (unpaired) electrons. The zero-order chi connectivity index (χ0) is 18.1. The number of hydrogen-bond acceptors (Lipinski definition) is 2. The van der Waals surface area contributed by atoms with Gasteiger partial charge < -0.3 is 10.6 Å². The predicted octanol–water partition coefficient (Wildman–Crippen LogP) is 4.97. The number of halogens is 1. The van der Waals surface area contributed by atoms with Crippen molar-refractivity contribution in [3.05, 3.63) is 64.7 Å². The number of hydrogen-bond donors (Lipinski definition) is 2. The van der Waals surface area contributed by atoms with E-state index in [1.807, 2.05) is 30.3 Å². The summed E-state index contributed by atoms with van der Waals surface area (Å²) in [4.78, 5) is 12.6. The number of amides is 1. The summed E-state index contributed by atoms with van der Waals surface area (Å²) in [6.07, 6.45) is 3.13. The minimum atomic E-state index is 0.108. The Bertz CT molecular complexity index is 806. The highest BCUT2D eigenvalue weighted by Crippen LogP contribution is 2.51. The van der Waals surface area contributed by atoms with E-state index >= 15 is 0 Å². The second-order valence-corrected chi connectivity index (χ2v) is 7.91. The second kappa shape index (κ2) is 7.42. The van der Waals surface area contributed by atoms with E-state index < -0.39 is 0 Å². The van der Waals surface area contributed by atoms with Gasteiger partial charge in [0.1, 0.15) is 0 Å². The summed E-state index contributed by atoms with van der Waals surface area (Å²) in [7, 11) is 0. The molecular formula is C22H25ClN2O. The Labute approximate surface area is 160 Å². The number of rotatable bonds is 5. The Kier molecular flexibility index (Phi) is 5.01. The van der Waals surface area contributed by atoms with E-state index in [-0.39, 0.29) is 11.8 Å². The molecule has 2 aliphatic rings. The molecule has 1 heterocycles. The monoisotopic (exact) mass is 368 g/mol. The normalized spacial score (nSPS) is 25.3. The lowest BCUT2D eigenvalue weighted by atomic mass is 9.76. The van der Waals surface area contributed by atoms with Gasteiger partial charge in [-0.05, 0) is 54.5 Å². The van der Waals surface area contributed by atoms with Gasteiger partial charge in [-0.1, -0.05) is 48.9 Å². The molecule has 136 valence electrons. The Balaban J connectivity index is 1.55. The highest BCUT2D eigenvalue weighted by molar-refractivity contribution is 6.30. The van der Waals surface area contributed by atoms with Crippen molar-refractivity contribution < 1.29 is 4.79 Å². The van der Waals surface area contributed by atoms with Crippen LogP contribution in [0.25, 0.3) is 0 Å². The molecule has 2 aromatic rings. The molecule has 3 nitrogen and oxygen atoms in total. The summed E-state index contributed by atoms with van der Waals surface area (Å²) in [5, 5.41) is 7.62. The van der Waals surface area contributed by atoms with Crippen molar-refractivity contribution in [2.75, 3.05) is 5.32 Å². The van der Waals surface area contributed by atoms with Crippen molar-refractivity contribution in [3.8, 4) is 0 Å². The summed E-state index contributed by atoms with van der Waals surface area (Å²) < 4.78 is 0. The van der Waals surface area contributed by atoms with Crippen molar-refractivity contribution in [1.29, 1.82) is 0 Å². The SMILES string of the molecule is CCC(NCc1cccc(Cl)c1)C1CCC2C(=O)Nc3ccccc3C21. The summed E-state index contributed by atoms with van der Waals surface area (Å²) in [5.41, 5.74) is 3.50. The van der Waals surface area contributed by atoms with Crippen molar-refractivity contribution in [1.82, 2.24) is 5.32 Å². The molecule has 2 aromatic carbocycles. The van der Waals surface area contributed by atoms with Crippen LogP contribution in [0.3, 0.4) is 0 Å². The van der Waals surface area contributed by atoms with Crippen LogP contribution < -0.4 is 10.6 Å². The molecule has 4 unspecified atom stereocenters. The van der Waals surface area contributed by atoms with Crippen LogP contribution in [0.2, 0.25) is 5.02 Å². The maximum absolute atomic E-state index is 12.6. The molecule has 1 aliphatic carbocycles. The Morgan fingerprint density at radius 3 is 2.85 bits per heavy atom. The largest absolute Gasteiger partial charge is 0.326 e. The van der Waals surface area contributed by atoms with Gasteiger partial charge in [0.15, 0.2) is 0 Å². The lowest BCUT2D eigenvalue weighted by molar-refractivity contribution is -0.120. The van der Waals surface area contributed by atoms with Crippen molar-refractivity contribution >= 4 is 23.2 Å². The molecule has 4 atom stereocenters. The van der Waals surface area contributed by atoms with Crippen LogP contribution in [0.1, 0.15) is 43.2 Å². The first-order chi connectivity index (χ1) is 12.7. The van der Waals surface area contributed by atoms with Crippen molar-refractivity contribution in [2.24, 2.45) is 11.8 Å². The van der Waals surface area contributed by atoms with Crippen LogP contribution >= 0.6 is 11.6 Å². The first-order valence-electron chi connectivity index (χ1n) is 9.55. The number of carbonyl (C=O) groups is 1. The number of anilines is 1.